The molecule has 16 heavy (non-hydrogen) atoms. The Morgan fingerprint density at radius 3 is 2.00 bits per heavy atom. The molecule has 1 atom stereocenters. The van der Waals surface area contributed by atoms with Crippen LogP contribution in [0.1, 0.15) is 11.1 Å². The van der Waals surface area contributed by atoms with Gasteiger partial charge < -0.3 is 0 Å². The lowest BCUT2D eigenvalue weighted by Crippen LogP contribution is -2.08. The van der Waals surface area contributed by atoms with Gasteiger partial charge in [0.15, 0.2) is 23.3 Å². The van der Waals surface area contributed by atoms with Crippen LogP contribution < -0.4 is 0 Å². The highest BCUT2D eigenvalue weighted by molar-refractivity contribution is 8.13. The zero-order valence-corrected chi connectivity index (χ0v) is 8.72. The van der Waals surface area contributed by atoms with Crippen molar-refractivity contribution in [3.63, 3.8) is 0 Å². The molecule has 0 aliphatic heterocycles. The van der Waals surface area contributed by atoms with Gasteiger partial charge in [-0.1, -0.05) is 0 Å². The molecule has 0 radical (unpaired) electrons. The van der Waals surface area contributed by atoms with Crippen LogP contribution in [-0.2, 0) is 9.05 Å². The average molecular weight is 281 g/mol. The maximum absolute atomic E-state index is 13.0. The van der Waals surface area contributed by atoms with Gasteiger partial charge in [0.2, 0.25) is 5.50 Å². The highest BCUT2D eigenvalue weighted by atomic mass is 35.7. The minimum absolute atomic E-state index is 0.113. The number of halogens is 6. The Balaban J connectivity index is 3.48. The van der Waals surface area contributed by atoms with Crippen molar-refractivity contribution >= 4 is 19.7 Å². The van der Waals surface area contributed by atoms with Crippen molar-refractivity contribution in [2.45, 2.75) is 5.50 Å². The molecular formula is C7H2ClF5O2S. The normalized spacial score (nSPS) is 13.9. The fourth-order valence-corrected chi connectivity index (χ4v) is 1.67. The molecule has 0 bridgehead atoms. The summed E-state index contributed by atoms with van der Waals surface area (Å²) in [4.78, 5) is 0. The monoisotopic (exact) mass is 280 g/mol. The zero-order chi connectivity index (χ0) is 12.7. The van der Waals surface area contributed by atoms with Crippen LogP contribution in [0.4, 0.5) is 22.0 Å². The van der Waals surface area contributed by atoms with Gasteiger partial charge in [-0.15, -0.1) is 0 Å². The Labute approximate surface area is 91.1 Å². The second kappa shape index (κ2) is 4.17. The molecule has 90 valence electrons. The fraction of sp³-hybridized carbons (Fsp3) is 0.143. The zero-order valence-electron chi connectivity index (χ0n) is 7.15. The molecule has 0 spiro atoms. The Morgan fingerprint density at radius 2 is 1.56 bits per heavy atom. The maximum atomic E-state index is 13.0. The number of benzene rings is 1. The smallest absolute Gasteiger partial charge is 0.223 e. The summed E-state index contributed by atoms with van der Waals surface area (Å²) in [6.45, 7) is 0. The van der Waals surface area contributed by atoms with Crippen LogP contribution in [0.25, 0.3) is 0 Å². The van der Waals surface area contributed by atoms with E-state index in [2.05, 4.69) is 10.7 Å². The van der Waals surface area contributed by atoms with Gasteiger partial charge in [0.05, 0.1) is 0 Å². The van der Waals surface area contributed by atoms with E-state index >= 15 is 0 Å². The summed E-state index contributed by atoms with van der Waals surface area (Å²) in [5.41, 5.74) is -4.70. The van der Waals surface area contributed by atoms with Crippen LogP contribution in [0.2, 0.25) is 0 Å². The van der Waals surface area contributed by atoms with E-state index in [1.54, 1.807) is 0 Å². The van der Waals surface area contributed by atoms with Crippen LogP contribution in [0.3, 0.4) is 0 Å². The van der Waals surface area contributed by atoms with Crippen molar-refractivity contribution in [1.82, 2.24) is 0 Å². The van der Waals surface area contributed by atoms with Crippen molar-refractivity contribution in [2.75, 3.05) is 0 Å². The number of hydrogen-bond acceptors (Lipinski definition) is 2. The molecule has 1 rings (SSSR count). The average Bonchev–Trinajstić information content (AvgIpc) is 2.18. The minimum Gasteiger partial charge on any atom is -0.223 e. The Morgan fingerprint density at radius 1 is 1.06 bits per heavy atom. The highest BCUT2D eigenvalue weighted by Crippen LogP contribution is 2.31. The molecule has 0 saturated heterocycles. The van der Waals surface area contributed by atoms with E-state index in [9.17, 15) is 30.4 Å². The first-order chi connectivity index (χ1) is 7.16. The Kier molecular flexibility index (Phi) is 3.44. The van der Waals surface area contributed by atoms with E-state index in [1.165, 1.54) is 0 Å². The van der Waals surface area contributed by atoms with E-state index in [4.69, 9.17) is 0 Å². The van der Waals surface area contributed by atoms with Gasteiger partial charge in [-0.2, -0.15) is 0 Å². The topological polar surface area (TPSA) is 34.1 Å². The second-order valence-corrected chi connectivity index (χ2v) is 5.34. The summed E-state index contributed by atoms with van der Waals surface area (Å²) in [6, 6.07) is -0.113. The molecular weight excluding hydrogens is 279 g/mol. The van der Waals surface area contributed by atoms with E-state index < -0.39 is 43.4 Å². The van der Waals surface area contributed by atoms with E-state index in [0.717, 1.165) is 0 Å². The summed E-state index contributed by atoms with van der Waals surface area (Å²) >= 11 is 0. The molecule has 0 saturated carbocycles. The predicted molar refractivity (Wildman–Crippen MR) is 44.9 cm³/mol. The third kappa shape index (κ3) is 2.27. The second-order valence-electron chi connectivity index (χ2n) is 2.68. The number of alkyl halides is 1. The lowest BCUT2D eigenvalue weighted by molar-refractivity contribution is 0.377. The van der Waals surface area contributed by atoms with E-state index in [0.29, 0.717) is 0 Å². The first-order valence-corrected chi connectivity index (χ1v) is 5.94. The van der Waals surface area contributed by atoms with Crippen LogP contribution in [0, 0.1) is 23.3 Å². The van der Waals surface area contributed by atoms with Crippen LogP contribution in [0.15, 0.2) is 6.07 Å². The van der Waals surface area contributed by atoms with Crippen molar-refractivity contribution < 1.29 is 30.4 Å². The summed E-state index contributed by atoms with van der Waals surface area (Å²) in [6.07, 6.45) is 0. The third-order valence-corrected chi connectivity index (χ3v) is 2.84. The Bertz CT molecular complexity index is 530. The van der Waals surface area contributed by atoms with Gasteiger partial charge >= 0.3 is 0 Å². The summed E-state index contributed by atoms with van der Waals surface area (Å²) < 4.78 is 84.4. The molecule has 0 heterocycles. The maximum Gasteiger partial charge on any atom is 0.269 e. The SMILES string of the molecule is O=S(=O)(Cl)C(F)c1cc(F)c(F)c(F)c1F. The molecule has 1 aromatic carbocycles. The lowest BCUT2D eigenvalue weighted by Gasteiger charge is -2.07. The van der Waals surface area contributed by atoms with Crippen LogP contribution in [0.5, 0.6) is 0 Å². The van der Waals surface area contributed by atoms with Gasteiger partial charge in [-0.05, 0) is 6.07 Å². The molecule has 0 N–H and O–H groups in total. The van der Waals surface area contributed by atoms with Crippen molar-refractivity contribution in [1.29, 1.82) is 0 Å². The van der Waals surface area contributed by atoms with Crippen LogP contribution in [-0.4, -0.2) is 8.42 Å². The van der Waals surface area contributed by atoms with Gasteiger partial charge in [-0.3, -0.25) is 0 Å². The molecule has 0 aromatic heterocycles. The van der Waals surface area contributed by atoms with Gasteiger partial charge in [0, 0.05) is 16.2 Å². The predicted octanol–water partition coefficient (Wildman–Crippen LogP) is 2.78. The molecule has 2 nitrogen and oxygen atoms in total. The first-order valence-electron chi connectivity index (χ1n) is 3.56. The summed E-state index contributed by atoms with van der Waals surface area (Å²) in [7, 11) is -0.388. The molecule has 9 heteroatoms. The Hall–Kier alpha value is -0.890. The molecule has 1 aromatic rings. The molecule has 1 unspecified atom stereocenters. The highest BCUT2D eigenvalue weighted by Gasteiger charge is 2.31. The summed E-state index contributed by atoms with van der Waals surface area (Å²) in [5, 5.41) is 0. The number of rotatable bonds is 2. The lowest BCUT2D eigenvalue weighted by atomic mass is 10.2. The van der Waals surface area contributed by atoms with Crippen molar-refractivity contribution in [3.05, 3.63) is 34.9 Å². The standard InChI is InChI=1S/C7H2ClF5O2S/c8-16(14,15)7(13)2-1-3(9)5(11)6(12)4(2)10/h1,7H. The first kappa shape index (κ1) is 13.2. The largest absolute Gasteiger partial charge is 0.269 e. The molecule has 0 amide bonds. The van der Waals surface area contributed by atoms with Gasteiger partial charge in [0.25, 0.3) is 9.05 Å². The van der Waals surface area contributed by atoms with E-state index in [1.807, 2.05) is 0 Å². The van der Waals surface area contributed by atoms with Crippen molar-refractivity contribution in [3.8, 4) is 0 Å². The van der Waals surface area contributed by atoms with E-state index in [-0.39, 0.29) is 6.07 Å². The minimum atomic E-state index is -4.91. The number of hydrogen-bond donors (Lipinski definition) is 0. The molecule has 0 fully saturated rings. The third-order valence-electron chi connectivity index (χ3n) is 1.62. The van der Waals surface area contributed by atoms with Crippen LogP contribution >= 0.6 is 10.7 Å². The summed E-state index contributed by atoms with van der Waals surface area (Å²) in [5.74, 6) is -8.54. The quantitative estimate of drug-likeness (QED) is 0.361. The molecule has 0 aliphatic rings. The van der Waals surface area contributed by atoms with Gasteiger partial charge in [-0.25, -0.2) is 30.4 Å². The van der Waals surface area contributed by atoms with Gasteiger partial charge in [0.1, 0.15) is 0 Å². The fourth-order valence-electron chi connectivity index (χ4n) is 0.908. The molecule has 0 aliphatic carbocycles. The van der Waals surface area contributed by atoms with Crippen molar-refractivity contribution in [2.24, 2.45) is 0 Å².